The summed E-state index contributed by atoms with van der Waals surface area (Å²) in [6, 6.07) is 19.5. The van der Waals surface area contributed by atoms with E-state index in [-0.39, 0.29) is 18.2 Å². The fourth-order valence-electron chi connectivity index (χ4n) is 5.56. The smallest absolute Gasteiger partial charge is 0.408 e. The molecule has 3 rings (SSSR count). The van der Waals surface area contributed by atoms with Crippen LogP contribution in [-0.4, -0.2) is 41.0 Å². The second kappa shape index (κ2) is 17.0. The normalized spacial score (nSPS) is 12.6. The molecule has 46 heavy (non-hydrogen) atoms. The Balaban J connectivity index is 2.11. The van der Waals surface area contributed by atoms with Crippen LogP contribution in [0.15, 0.2) is 66.7 Å². The lowest BCUT2D eigenvalue weighted by atomic mass is 9.96. The average molecular weight is 628 g/mol. The summed E-state index contributed by atoms with van der Waals surface area (Å²) < 4.78 is 5.59. The van der Waals surface area contributed by atoms with Crippen LogP contribution in [0.25, 0.3) is 0 Å². The first-order chi connectivity index (χ1) is 21.8. The number of para-hydroxylation sites is 1. The van der Waals surface area contributed by atoms with E-state index in [1.165, 1.54) is 0 Å². The third-order valence-electron chi connectivity index (χ3n) is 8.19. The van der Waals surface area contributed by atoms with Crippen LogP contribution < -0.4 is 10.6 Å². The summed E-state index contributed by atoms with van der Waals surface area (Å²) in [6.45, 7) is 15.9. The number of amides is 3. The van der Waals surface area contributed by atoms with Crippen molar-refractivity contribution in [3.8, 4) is 0 Å². The SMILES string of the molecule is CCCCCCCN(C(=O)C(Cc1ccccc1)NC(=O)OC(C)(C)C)C(C(=O)Nc1c(C)cccc1C)c1ccc(C)c(C)c1. The zero-order valence-corrected chi connectivity index (χ0v) is 29.0. The zero-order chi connectivity index (χ0) is 33.9. The second-order valence-corrected chi connectivity index (χ2v) is 13.3. The molecule has 0 aliphatic rings. The Morgan fingerprint density at radius 1 is 0.783 bits per heavy atom. The van der Waals surface area contributed by atoms with Crippen molar-refractivity contribution in [3.05, 3.63) is 100 Å². The summed E-state index contributed by atoms with van der Waals surface area (Å²) in [7, 11) is 0. The summed E-state index contributed by atoms with van der Waals surface area (Å²) in [5.41, 5.74) is 5.64. The molecule has 0 saturated carbocycles. The van der Waals surface area contributed by atoms with Crippen LogP contribution in [0, 0.1) is 27.7 Å². The monoisotopic (exact) mass is 627 g/mol. The van der Waals surface area contributed by atoms with Crippen LogP contribution in [-0.2, 0) is 20.7 Å². The predicted octanol–water partition coefficient (Wildman–Crippen LogP) is 8.54. The first kappa shape index (κ1) is 36.3. The van der Waals surface area contributed by atoms with Gasteiger partial charge in [0.1, 0.15) is 17.7 Å². The Bertz CT molecular complexity index is 1440. The summed E-state index contributed by atoms with van der Waals surface area (Å²) in [5, 5.41) is 6.04. The van der Waals surface area contributed by atoms with Gasteiger partial charge in [0.15, 0.2) is 0 Å². The molecule has 0 aliphatic carbocycles. The molecule has 0 spiro atoms. The number of unbranched alkanes of at least 4 members (excludes halogenated alkanes) is 4. The molecule has 0 aromatic heterocycles. The van der Waals surface area contributed by atoms with E-state index in [0.29, 0.717) is 6.54 Å². The van der Waals surface area contributed by atoms with Crippen molar-refractivity contribution >= 4 is 23.6 Å². The number of rotatable bonds is 14. The van der Waals surface area contributed by atoms with Gasteiger partial charge in [0.25, 0.3) is 5.91 Å². The maximum Gasteiger partial charge on any atom is 0.408 e. The number of anilines is 1. The molecule has 2 atom stereocenters. The maximum absolute atomic E-state index is 14.8. The third-order valence-corrected chi connectivity index (χ3v) is 8.19. The van der Waals surface area contributed by atoms with Gasteiger partial charge < -0.3 is 20.3 Å². The van der Waals surface area contributed by atoms with Gasteiger partial charge in [-0.3, -0.25) is 9.59 Å². The molecule has 3 amide bonds. The molecule has 0 saturated heterocycles. The summed E-state index contributed by atoms with van der Waals surface area (Å²) in [4.78, 5) is 44.0. The van der Waals surface area contributed by atoms with E-state index in [0.717, 1.165) is 71.2 Å². The van der Waals surface area contributed by atoms with Gasteiger partial charge in [-0.2, -0.15) is 0 Å². The van der Waals surface area contributed by atoms with Gasteiger partial charge in [0.2, 0.25) is 5.91 Å². The Hall–Kier alpha value is -4.13. The van der Waals surface area contributed by atoms with Crippen LogP contribution in [0.5, 0.6) is 0 Å². The van der Waals surface area contributed by atoms with Gasteiger partial charge in [0, 0.05) is 18.7 Å². The third kappa shape index (κ3) is 10.7. The molecule has 7 heteroatoms. The lowest BCUT2D eigenvalue weighted by Crippen LogP contribution is -2.53. The van der Waals surface area contributed by atoms with Gasteiger partial charge in [-0.15, -0.1) is 0 Å². The van der Waals surface area contributed by atoms with Crippen LogP contribution in [0.4, 0.5) is 10.5 Å². The fourth-order valence-corrected chi connectivity index (χ4v) is 5.56. The highest BCUT2D eigenvalue weighted by molar-refractivity contribution is 6.00. The number of alkyl carbamates (subject to hydrolysis) is 1. The number of aryl methyl sites for hydroxylation is 4. The molecule has 0 bridgehead atoms. The average Bonchev–Trinajstić information content (AvgIpc) is 2.99. The van der Waals surface area contributed by atoms with Crippen LogP contribution in [0.2, 0.25) is 0 Å². The van der Waals surface area contributed by atoms with Crippen molar-refractivity contribution in [3.63, 3.8) is 0 Å². The highest BCUT2D eigenvalue weighted by Gasteiger charge is 2.36. The zero-order valence-electron chi connectivity index (χ0n) is 29.0. The molecular weight excluding hydrogens is 574 g/mol. The van der Waals surface area contributed by atoms with Crippen LogP contribution in [0.3, 0.4) is 0 Å². The molecule has 248 valence electrons. The maximum atomic E-state index is 14.8. The number of ether oxygens (including phenoxy) is 1. The van der Waals surface area contributed by atoms with E-state index in [9.17, 15) is 14.4 Å². The largest absolute Gasteiger partial charge is 0.444 e. The lowest BCUT2D eigenvalue weighted by molar-refractivity contribution is -0.140. The molecule has 0 aliphatic heterocycles. The second-order valence-electron chi connectivity index (χ2n) is 13.3. The molecule has 3 aromatic rings. The molecule has 0 heterocycles. The predicted molar refractivity (Wildman–Crippen MR) is 187 cm³/mol. The Labute approximate surface area is 276 Å². The minimum absolute atomic E-state index is 0.253. The van der Waals surface area contributed by atoms with Crippen molar-refractivity contribution in [2.24, 2.45) is 0 Å². The minimum Gasteiger partial charge on any atom is -0.444 e. The number of hydrogen-bond acceptors (Lipinski definition) is 4. The summed E-state index contributed by atoms with van der Waals surface area (Å²) in [6.07, 6.45) is 4.50. The number of nitrogens with one attached hydrogen (secondary N) is 2. The van der Waals surface area contributed by atoms with Crippen molar-refractivity contribution in [2.75, 3.05) is 11.9 Å². The number of carbonyl (C=O) groups excluding carboxylic acids is 3. The summed E-state index contributed by atoms with van der Waals surface area (Å²) >= 11 is 0. The van der Waals surface area contributed by atoms with E-state index in [1.54, 1.807) is 25.7 Å². The minimum atomic E-state index is -0.949. The van der Waals surface area contributed by atoms with E-state index in [2.05, 4.69) is 17.6 Å². The van der Waals surface area contributed by atoms with E-state index < -0.39 is 23.8 Å². The van der Waals surface area contributed by atoms with Gasteiger partial charge in [-0.25, -0.2) is 4.79 Å². The molecule has 2 unspecified atom stereocenters. The number of hydrogen-bond donors (Lipinski definition) is 2. The summed E-state index contributed by atoms with van der Waals surface area (Å²) in [5.74, 6) is -0.622. The first-order valence-corrected chi connectivity index (χ1v) is 16.6. The van der Waals surface area contributed by atoms with E-state index in [4.69, 9.17) is 4.74 Å². The van der Waals surface area contributed by atoms with Gasteiger partial charge >= 0.3 is 6.09 Å². The lowest BCUT2D eigenvalue weighted by Gasteiger charge is -2.35. The number of benzene rings is 3. The Morgan fingerprint density at radius 3 is 2.04 bits per heavy atom. The van der Waals surface area contributed by atoms with E-state index in [1.807, 2.05) is 94.4 Å². The van der Waals surface area contributed by atoms with Crippen molar-refractivity contribution in [2.45, 2.75) is 112 Å². The van der Waals surface area contributed by atoms with Crippen molar-refractivity contribution in [1.82, 2.24) is 10.2 Å². The highest BCUT2D eigenvalue weighted by Crippen LogP contribution is 2.29. The Morgan fingerprint density at radius 2 is 1.43 bits per heavy atom. The van der Waals surface area contributed by atoms with Crippen molar-refractivity contribution < 1.29 is 19.1 Å². The van der Waals surface area contributed by atoms with E-state index >= 15 is 0 Å². The molecule has 2 N–H and O–H groups in total. The van der Waals surface area contributed by atoms with Crippen LogP contribution in [0.1, 0.15) is 99.2 Å². The quantitative estimate of drug-likeness (QED) is 0.175. The van der Waals surface area contributed by atoms with Crippen LogP contribution >= 0.6 is 0 Å². The van der Waals surface area contributed by atoms with Gasteiger partial charge in [0.05, 0.1) is 0 Å². The van der Waals surface area contributed by atoms with Gasteiger partial charge in [-0.1, -0.05) is 99.3 Å². The number of nitrogens with zero attached hydrogens (tertiary/aromatic N) is 1. The standard InChI is InChI=1S/C39H53N3O4/c1-9-10-11-12-16-24-42(37(44)33(26-31-20-14-13-15-21-31)40-38(45)46-39(6,7)8)35(32-23-22-27(2)30(5)25-32)36(43)41-34-28(3)18-17-19-29(34)4/h13-15,17-23,25,33,35H,9-12,16,24,26H2,1-8H3,(H,40,45)(H,41,43). The molecule has 0 radical (unpaired) electrons. The Kier molecular flexibility index (Phi) is 13.4. The molecular formula is C39H53N3O4. The first-order valence-electron chi connectivity index (χ1n) is 16.6. The van der Waals surface area contributed by atoms with Gasteiger partial charge in [-0.05, 0) is 88.3 Å². The topological polar surface area (TPSA) is 87.7 Å². The molecule has 0 fully saturated rings. The van der Waals surface area contributed by atoms with Crippen molar-refractivity contribution in [1.29, 1.82) is 0 Å². The molecule has 3 aromatic carbocycles. The highest BCUT2D eigenvalue weighted by atomic mass is 16.6. The fraction of sp³-hybridized carbons (Fsp3) is 0.462. The number of carbonyl (C=O) groups is 3. The molecule has 7 nitrogen and oxygen atoms in total.